The summed E-state index contributed by atoms with van der Waals surface area (Å²) in [5.74, 6) is -0.681. The molecule has 5 heteroatoms. The fourth-order valence-electron chi connectivity index (χ4n) is 4.12. The van der Waals surface area contributed by atoms with Gasteiger partial charge in [-0.05, 0) is 24.0 Å². The van der Waals surface area contributed by atoms with Crippen LogP contribution in [0.3, 0.4) is 0 Å². The summed E-state index contributed by atoms with van der Waals surface area (Å²) in [4.78, 5) is 11.1. The molecule has 23 heavy (non-hydrogen) atoms. The van der Waals surface area contributed by atoms with Gasteiger partial charge in [-0.3, -0.25) is 4.79 Å². The first kappa shape index (κ1) is 15.1. The Kier molecular flexibility index (Phi) is 3.67. The van der Waals surface area contributed by atoms with E-state index in [-0.39, 0.29) is 24.3 Å². The largest absolute Gasteiger partial charge is 0.463 e. The van der Waals surface area contributed by atoms with E-state index >= 15 is 0 Å². The first-order valence-electron chi connectivity index (χ1n) is 8.31. The SMILES string of the molecule is CC(=O)OCC1OC2(CCC3(CC2)OCCO3)c2ccccc21. The standard InChI is InChI=1S/C18H22O5/c1-13(19)20-12-16-14-4-2-3-5-15(14)17(23-16)6-8-18(9-7-17)21-10-11-22-18/h2-5,16H,6-12H2,1H3. The van der Waals surface area contributed by atoms with Gasteiger partial charge in [0.15, 0.2) is 5.79 Å². The molecule has 1 atom stereocenters. The normalized spacial score (nSPS) is 27.3. The molecule has 1 unspecified atom stereocenters. The molecule has 1 aromatic rings. The second kappa shape index (κ2) is 5.58. The van der Waals surface area contributed by atoms with E-state index in [2.05, 4.69) is 12.1 Å². The van der Waals surface area contributed by atoms with Crippen molar-refractivity contribution in [3.63, 3.8) is 0 Å². The van der Waals surface area contributed by atoms with E-state index in [4.69, 9.17) is 18.9 Å². The third-order valence-corrected chi connectivity index (χ3v) is 5.24. The Morgan fingerprint density at radius 2 is 1.87 bits per heavy atom. The molecular weight excluding hydrogens is 296 g/mol. The van der Waals surface area contributed by atoms with Crippen molar-refractivity contribution in [3.8, 4) is 0 Å². The van der Waals surface area contributed by atoms with Crippen LogP contribution in [0.1, 0.15) is 49.8 Å². The molecule has 2 spiro atoms. The van der Waals surface area contributed by atoms with Gasteiger partial charge in [-0.15, -0.1) is 0 Å². The molecule has 1 saturated heterocycles. The molecule has 0 radical (unpaired) electrons. The average Bonchev–Trinajstić information content (AvgIpc) is 3.13. The summed E-state index contributed by atoms with van der Waals surface area (Å²) in [6, 6.07) is 8.27. The Labute approximate surface area is 135 Å². The topological polar surface area (TPSA) is 54.0 Å². The van der Waals surface area contributed by atoms with Crippen LogP contribution in [0.5, 0.6) is 0 Å². The summed E-state index contributed by atoms with van der Waals surface area (Å²) in [6.07, 6.45) is 3.21. The molecule has 4 rings (SSSR count). The molecule has 1 aromatic carbocycles. The van der Waals surface area contributed by atoms with Gasteiger partial charge in [0.1, 0.15) is 12.7 Å². The fourth-order valence-corrected chi connectivity index (χ4v) is 4.12. The molecule has 2 heterocycles. The fraction of sp³-hybridized carbons (Fsp3) is 0.611. The van der Waals surface area contributed by atoms with Gasteiger partial charge < -0.3 is 18.9 Å². The first-order valence-corrected chi connectivity index (χ1v) is 8.31. The van der Waals surface area contributed by atoms with Crippen LogP contribution in [-0.2, 0) is 29.3 Å². The van der Waals surface area contributed by atoms with Crippen molar-refractivity contribution in [2.45, 2.75) is 50.1 Å². The molecule has 0 aromatic heterocycles. The molecule has 2 fully saturated rings. The maximum absolute atomic E-state index is 11.1. The molecule has 0 N–H and O–H groups in total. The number of esters is 1. The quantitative estimate of drug-likeness (QED) is 0.785. The second-order valence-corrected chi connectivity index (χ2v) is 6.60. The summed E-state index contributed by atoms with van der Waals surface area (Å²) in [5.41, 5.74) is 2.06. The maximum Gasteiger partial charge on any atom is 0.302 e. The summed E-state index contributed by atoms with van der Waals surface area (Å²) in [7, 11) is 0. The lowest BCUT2D eigenvalue weighted by atomic mass is 9.76. The van der Waals surface area contributed by atoms with Crippen LogP contribution < -0.4 is 0 Å². The van der Waals surface area contributed by atoms with Gasteiger partial charge in [0.25, 0.3) is 0 Å². The first-order chi connectivity index (χ1) is 11.1. The summed E-state index contributed by atoms with van der Waals surface area (Å²) < 4.78 is 23.3. The highest BCUT2D eigenvalue weighted by atomic mass is 16.7. The number of benzene rings is 1. The third-order valence-electron chi connectivity index (χ3n) is 5.24. The van der Waals surface area contributed by atoms with Gasteiger partial charge in [0.05, 0.1) is 18.8 Å². The van der Waals surface area contributed by atoms with Crippen LogP contribution in [0.15, 0.2) is 24.3 Å². The smallest absolute Gasteiger partial charge is 0.302 e. The monoisotopic (exact) mass is 318 g/mol. The number of hydrogen-bond donors (Lipinski definition) is 0. The van der Waals surface area contributed by atoms with E-state index in [1.807, 2.05) is 12.1 Å². The highest BCUT2D eigenvalue weighted by Crippen LogP contribution is 2.54. The number of ether oxygens (including phenoxy) is 4. The molecular formula is C18H22O5. The second-order valence-electron chi connectivity index (χ2n) is 6.60. The molecule has 0 amide bonds. The Hall–Kier alpha value is -1.43. The Morgan fingerprint density at radius 3 is 2.57 bits per heavy atom. The van der Waals surface area contributed by atoms with E-state index in [9.17, 15) is 4.79 Å². The molecule has 0 bridgehead atoms. The van der Waals surface area contributed by atoms with Crippen LogP contribution >= 0.6 is 0 Å². The zero-order valence-electron chi connectivity index (χ0n) is 13.4. The van der Waals surface area contributed by atoms with Crippen LogP contribution in [0.4, 0.5) is 0 Å². The summed E-state index contributed by atoms with van der Waals surface area (Å²) >= 11 is 0. The molecule has 2 aliphatic heterocycles. The van der Waals surface area contributed by atoms with Gasteiger partial charge in [-0.1, -0.05) is 24.3 Å². The number of fused-ring (bicyclic) bond motifs is 2. The van der Waals surface area contributed by atoms with E-state index in [0.717, 1.165) is 31.2 Å². The lowest BCUT2D eigenvalue weighted by molar-refractivity contribution is -0.219. The predicted octanol–water partition coefficient (Wildman–Crippen LogP) is 2.83. The van der Waals surface area contributed by atoms with Crippen molar-refractivity contribution in [3.05, 3.63) is 35.4 Å². The van der Waals surface area contributed by atoms with E-state index in [0.29, 0.717) is 13.2 Å². The highest BCUT2D eigenvalue weighted by Gasteiger charge is 2.52. The maximum atomic E-state index is 11.1. The van der Waals surface area contributed by atoms with Gasteiger partial charge in [-0.25, -0.2) is 0 Å². The van der Waals surface area contributed by atoms with Crippen LogP contribution in [0.25, 0.3) is 0 Å². The minimum Gasteiger partial charge on any atom is -0.463 e. The number of carbonyl (C=O) groups excluding carboxylic acids is 1. The number of rotatable bonds is 2. The van der Waals surface area contributed by atoms with Crippen molar-refractivity contribution >= 4 is 5.97 Å². The molecule has 3 aliphatic rings. The highest BCUT2D eigenvalue weighted by molar-refractivity contribution is 5.66. The van der Waals surface area contributed by atoms with Crippen molar-refractivity contribution < 1.29 is 23.7 Å². The molecule has 124 valence electrons. The van der Waals surface area contributed by atoms with Crippen molar-refractivity contribution in [2.75, 3.05) is 19.8 Å². The summed E-state index contributed by atoms with van der Waals surface area (Å²) in [6.45, 7) is 3.06. The zero-order valence-corrected chi connectivity index (χ0v) is 13.4. The Balaban J connectivity index is 1.57. The van der Waals surface area contributed by atoms with Crippen LogP contribution in [0.2, 0.25) is 0 Å². The summed E-state index contributed by atoms with van der Waals surface area (Å²) in [5, 5.41) is 0. The Bertz CT molecular complexity index is 595. The molecule has 1 saturated carbocycles. The van der Waals surface area contributed by atoms with Gasteiger partial charge in [0, 0.05) is 19.8 Å². The minimum absolute atomic E-state index is 0.186. The Morgan fingerprint density at radius 1 is 1.17 bits per heavy atom. The number of hydrogen-bond acceptors (Lipinski definition) is 5. The average molecular weight is 318 g/mol. The van der Waals surface area contributed by atoms with Crippen molar-refractivity contribution in [1.29, 1.82) is 0 Å². The van der Waals surface area contributed by atoms with Gasteiger partial charge in [-0.2, -0.15) is 0 Å². The van der Waals surface area contributed by atoms with E-state index in [1.54, 1.807) is 0 Å². The van der Waals surface area contributed by atoms with E-state index in [1.165, 1.54) is 12.5 Å². The lowest BCUT2D eigenvalue weighted by Crippen LogP contribution is -2.42. The van der Waals surface area contributed by atoms with Gasteiger partial charge >= 0.3 is 5.97 Å². The molecule has 5 nitrogen and oxygen atoms in total. The predicted molar refractivity (Wildman–Crippen MR) is 81.7 cm³/mol. The zero-order chi connectivity index (χ0) is 15.9. The van der Waals surface area contributed by atoms with Crippen molar-refractivity contribution in [2.24, 2.45) is 0 Å². The van der Waals surface area contributed by atoms with E-state index < -0.39 is 5.79 Å². The number of carbonyl (C=O) groups is 1. The van der Waals surface area contributed by atoms with Crippen LogP contribution in [-0.4, -0.2) is 31.6 Å². The third kappa shape index (κ3) is 2.57. The minimum atomic E-state index is -0.405. The van der Waals surface area contributed by atoms with Crippen molar-refractivity contribution in [1.82, 2.24) is 0 Å². The van der Waals surface area contributed by atoms with Gasteiger partial charge in [0.2, 0.25) is 0 Å². The van der Waals surface area contributed by atoms with Crippen LogP contribution in [0, 0.1) is 0 Å². The lowest BCUT2D eigenvalue weighted by Gasteiger charge is -2.41. The molecule has 1 aliphatic carbocycles.